The molecule has 1 amide bonds. The summed E-state index contributed by atoms with van der Waals surface area (Å²) in [5.74, 6) is 3.72. The number of hydrogen-bond donors (Lipinski definition) is 1. The highest BCUT2D eigenvalue weighted by atomic mass is 16.3. The van der Waals surface area contributed by atoms with Crippen molar-refractivity contribution in [2.45, 2.75) is 25.8 Å². The summed E-state index contributed by atoms with van der Waals surface area (Å²) >= 11 is 0. The van der Waals surface area contributed by atoms with E-state index < -0.39 is 0 Å². The SMILES string of the molecule is CC1CC1c1ccc(CN(C)C(=O)C2CNC2)o1. The maximum Gasteiger partial charge on any atom is 0.228 e. The smallest absolute Gasteiger partial charge is 0.228 e. The first-order valence-corrected chi connectivity index (χ1v) is 6.69. The molecule has 2 unspecified atom stereocenters. The molecule has 0 radical (unpaired) electrons. The lowest BCUT2D eigenvalue weighted by molar-refractivity contribution is -0.136. The first-order valence-electron chi connectivity index (χ1n) is 6.69. The second-order valence-electron chi connectivity index (χ2n) is 5.67. The molecule has 2 aliphatic rings. The number of rotatable bonds is 4. The van der Waals surface area contributed by atoms with Crippen LogP contribution >= 0.6 is 0 Å². The third-order valence-corrected chi connectivity index (χ3v) is 4.06. The fourth-order valence-corrected chi connectivity index (χ4v) is 2.48. The van der Waals surface area contributed by atoms with Crippen molar-refractivity contribution in [1.82, 2.24) is 10.2 Å². The predicted molar refractivity (Wildman–Crippen MR) is 68.1 cm³/mol. The van der Waals surface area contributed by atoms with E-state index in [4.69, 9.17) is 4.42 Å². The molecule has 98 valence electrons. The van der Waals surface area contributed by atoms with Gasteiger partial charge in [-0.2, -0.15) is 0 Å². The fourth-order valence-electron chi connectivity index (χ4n) is 2.48. The lowest BCUT2D eigenvalue weighted by Gasteiger charge is -2.29. The lowest BCUT2D eigenvalue weighted by atomic mass is 10.0. The van der Waals surface area contributed by atoms with Crippen LogP contribution in [0.5, 0.6) is 0 Å². The van der Waals surface area contributed by atoms with Gasteiger partial charge in [-0.3, -0.25) is 4.79 Å². The van der Waals surface area contributed by atoms with E-state index in [0.717, 1.165) is 30.5 Å². The van der Waals surface area contributed by atoms with E-state index in [-0.39, 0.29) is 11.8 Å². The van der Waals surface area contributed by atoms with Gasteiger partial charge >= 0.3 is 0 Å². The van der Waals surface area contributed by atoms with E-state index in [9.17, 15) is 4.79 Å². The van der Waals surface area contributed by atoms with Crippen LogP contribution < -0.4 is 5.32 Å². The predicted octanol–water partition coefficient (Wildman–Crippen LogP) is 1.58. The topological polar surface area (TPSA) is 45.5 Å². The summed E-state index contributed by atoms with van der Waals surface area (Å²) in [7, 11) is 1.85. The summed E-state index contributed by atoms with van der Waals surface area (Å²) in [6.07, 6.45) is 1.23. The van der Waals surface area contributed by atoms with E-state index in [0.29, 0.717) is 12.5 Å². The van der Waals surface area contributed by atoms with Crippen molar-refractivity contribution in [1.29, 1.82) is 0 Å². The van der Waals surface area contributed by atoms with Crippen LogP contribution in [0, 0.1) is 11.8 Å². The molecule has 0 bridgehead atoms. The molecule has 4 heteroatoms. The highest BCUT2D eigenvalue weighted by Crippen LogP contribution is 2.47. The minimum Gasteiger partial charge on any atom is -0.464 e. The van der Waals surface area contributed by atoms with E-state index in [1.54, 1.807) is 4.90 Å². The Hall–Kier alpha value is -1.29. The zero-order valence-corrected chi connectivity index (χ0v) is 11.0. The molecule has 1 aliphatic carbocycles. The highest BCUT2D eigenvalue weighted by molar-refractivity contribution is 5.79. The van der Waals surface area contributed by atoms with Gasteiger partial charge in [-0.1, -0.05) is 6.92 Å². The van der Waals surface area contributed by atoms with Crippen LogP contribution in [0.3, 0.4) is 0 Å². The van der Waals surface area contributed by atoms with Gasteiger partial charge < -0.3 is 14.6 Å². The van der Waals surface area contributed by atoms with Crippen LogP contribution in [0.2, 0.25) is 0 Å². The average molecular weight is 248 g/mol. The number of furan rings is 1. The Morgan fingerprint density at radius 2 is 2.22 bits per heavy atom. The second-order valence-corrected chi connectivity index (χ2v) is 5.67. The molecular formula is C14H20N2O2. The number of carbonyl (C=O) groups excluding carboxylic acids is 1. The van der Waals surface area contributed by atoms with Gasteiger partial charge in [0.1, 0.15) is 11.5 Å². The monoisotopic (exact) mass is 248 g/mol. The molecule has 1 aliphatic heterocycles. The maximum atomic E-state index is 12.0. The Kier molecular flexibility index (Phi) is 2.90. The normalized spacial score (nSPS) is 26.8. The molecule has 1 saturated heterocycles. The molecule has 18 heavy (non-hydrogen) atoms. The molecular weight excluding hydrogens is 228 g/mol. The summed E-state index contributed by atoms with van der Waals surface area (Å²) in [5, 5.41) is 3.12. The van der Waals surface area contributed by atoms with Gasteiger partial charge in [0.15, 0.2) is 0 Å². The molecule has 2 heterocycles. The van der Waals surface area contributed by atoms with Gasteiger partial charge in [-0.25, -0.2) is 0 Å². The largest absolute Gasteiger partial charge is 0.464 e. The minimum atomic E-state index is 0.160. The first kappa shape index (κ1) is 11.8. The van der Waals surface area contributed by atoms with Gasteiger partial charge in [-0.05, 0) is 24.5 Å². The third kappa shape index (κ3) is 2.17. The molecule has 0 spiro atoms. The van der Waals surface area contributed by atoms with Crippen molar-refractivity contribution >= 4 is 5.91 Å². The van der Waals surface area contributed by atoms with Crippen LogP contribution in [0.4, 0.5) is 0 Å². The zero-order valence-electron chi connectivity index (χ0n) is 11.0. The van der Waals surface area contributed by atoms with Crippen LogP contribution in [-0.4, -0.2) is 30.9 Å². The summed E-state index contributed by atoms with van der Waals surface area (Å²) in [6.45, 7) is 4.45. The Labute approximate surface area is 107 Å². The van der Waals surface area contributed by atoms with Gasteiger partial charge in [0.2, 0.25) is 5.91 Å². The van der Waals surface area contributed by atoms with Gasteiger partial charge in [0, 0.05) is 26.1 Å². The summed E-state index contributed by atoms with van der Waals surface area (Å²) < 4.78 is 5.82. The van der Waals surface area contributed by atoms with Crippen molar-refractivity contribution in [3.05, 3.63) is 23.7 Å². The molecule has 1 saturated carbocycles. The van der Waals surface area contributed by atoms with Crippen molar-refractivity contribution in [2.75, 3.05) is 20.1 Å². The Morgan fingerprint density at radius 1 is 1.50 bits per heavy atom. The second kappa shape index (κ2) is 4.43. The molecule has 2 atom stereocenters. The van der Waals surface area contributed by atoms with Crippen molar-refractivity contribution < 1.29 is 9.21 Å². The molecule has 1 N–H and O–H groups in total. The minimum absolute atomic E-state index is 0.160. The third-order valence-electron chi connectivity index (χ3n) is 4.06. The van der Waals surface area contributed by atoms with Gasteiger partial charge in [-0.15, -0.1) is 0 Å². The van der Waals surface area contributed by atoms with Crippen LogP contribution in [-0.2, 0) is 11.3 Å². The van der Waals surface area contributed by atoms with Crippen LogP contribution in [0.1, 0.15) is 30.8 Å². The molecule has 2 fully saturated rings. The lowest BCUT2D eigenvalue weighted by Crippen LogP contribution is -2.50. The van der Waals surface area contributed by atoms with Gasteiger partial charge in [0.25, 0.3) is 0 Å². The number of nitrogens with zero attached hydrogens (tertiary/aromatic N) is 1. The van der Waals surface area contributed by atoms with E-state index in [1.165, 1.54) is 6.42 Å². The highest BCUT2D eigenvalue weighted by Gasteiger charge is 2.36. The standard InChI is InChI=1S/C14H20N2O2/c1-9-5-12(9)13-4-3-11(18-13)8-16(2)14(17)10-6-15-7-10/h3-4,9-10,12,15H,5-8H2,1-2H3. The number of amides is 1. The van der Waals surface area contributed by atoms with Crippen LogP contribution in [0.25, 0.3) is 0 Å². The van der Waals surface area contributed by atoms with Crippen molar-refractivity contribution in [3.63, 3.8) is 0 Å². The molecule has 1 aromatic rings. The van der Waals surface area contributed by atoms with E-state index in [2.05, 4.69) is 18.3 Å². The Morgan fingerprint density at radius 3 is 2.78 bits per heavy atom. The van der Waals surface area contributed by atoms with E-state index >= 15 is 0 Å². The fraction of sp³-hybridized carbons (Fsp3) is 0.643. The quantitative estimate of drug-likeness (QED) is 0.880. The number of hydrogen-bond acceptors (Lipinski definition) is 3. The summed E-state index contributed by atoms with van der Waals surface area (Å²) in [6, 6.07) is 4.07. The molecule has 0 aromatic carbocycles. The van der Waals surface area contributed by atoms with Crippen molar-refractivity contribution in [2.24, 2.45) is 11.8 Å². The number of carbonyl (C=O) groups is 1. The molecule has 3 rings (SSSR count). The zero-order chi connectivity index (χ0) is 12.7. The van der Waals surface area contributed by atoms with Crippen molar-refractivity contribution in [3.8, 4) is 0 Å². The molecule has 4 nitrogen and oxygen atoms in total. The van der Waals surface area contributed by atoms with E-state index in [1.807, 2.05) is 13.1 Å². The van der Waals surface area contributed by atoms with Crippen LogP contribution in [0.15, 0.2) is 16.5 Å². The maximum absolute atomic E-state index is 12.0. The average Bonchev–Trinajstić information content (AvgIpc) is 2.82. The van der Waals surface area contributed by atoms with Gasteiger partial charge in [0.05, 0.1) is 12.5 Å². The molecule has 1 aromatic heterocycles. The Balaban J connectivity index is 1.58. The summed E-state index contributed by atoms with van der Waals surface area (Å²) in [5.41, 5.74) is 0. The first-order chi connectivity index (χ1) is 8.65. The number of nitrogens with one attached hydrogen (secondary N) is 1. The summed E-state index contributed by atoms with van der Waals surface area (Å²) in [4.78, 5) is 13.7. The Bertz CT molecular complexity index is 450.